The number of fused-ring (bicyclic) bond motifs is 3. The Hall–Kier alpha value is -2.52. The van der Waals surface area contributed by atoms with Gasteiger partial charge in [0.15, 0.2) is 0 Å². The average Bonchev–Trinajstić information content (AvgIpc) is 3.32. The summed E-state index contributed by atoms with van der Waals surface area (Å²) in [6.07, 6.45) is 5.04. The smallest absolute Gasteiger partial charge is 0.220 e. The van der Waals surface area contributed by atoms with E-state index in [9.17, 15) is 0 Å². The summed E-state index contributed by atoms with van der Waals surface area (Å²) in [7, 11) is 1.64. The van der Waals surface area contributed by atoms with Crippen LogP contribution in [0.2, 0.25) is 0 Å². The van der Waals surface area contributed by atoms with Crippen LogP contribution in [-0.4, -0.2) is 37.3 Å². The molecule has 0 saturated heterocycles. The number of methoxy groups -OCH3 is 1. The Morgan fingerprint density at radius 2 is 2.14 bits per heavy atom. The summed E-state index contributed by atoms with van der Waals surface area (Å²) < 4.78 is 7.16. The monoisotopic (exact) mass is 410 g/mol. The third kappa shape index (κ3) is 2.94. The number of thiophene rings is 1. The largest absolute Gasteiger partial charge is 0.494 e. The van der Waals surface area contributed by atoms with E-state index in [4.69, 9.17) is 4.74 Å². The van der Waals surface area contributed by atoms with Gasteiger partial charge in [0.05, 0.1) is 7.11 Å². The third-order valence-electron chi connectivity index (χ3n) is 5.00. The van der Waals surface area contributed by atoms with Crippen LogP contribution in [0.5, 0.6) is 5.75 Å². The maximum Gasteiger partial charge on any atom is 0.220 e. The molecule has 7 nitrogen and oxygen atoms in total. The zero-order chi connectivity index (χ0) is 19.1. The van der Waals surface area contributed by atoms with Crippen LogP contribution in [-0.2, 0) is 12.8 Å². The first-order valence-electron chi connectivity index (χ1n) is 9.09. The summed E-state index contributed by atoms with van der Waals surface area (Å²) in [4.78, 5) is 11.6. The van der Waals surface area contributed by atoms with Gasteiger partial charge >= 0.3 is 0 Å². The van der Waals surface area contributed by atoms with Crippen LogP contribution in [0.4, 0.5) is 0 Å². The molecule has 28 heavy (non-hydrogen) atoms. The number of hydrogen-bond donors (Lipinski definition) is 0. The van der Waals surface area contributed by atoms with Crippen molar-refractivity contribution in [1.29, 1.82) is 0 Å². The van der Waals surface area contributed by atoms with Gasteiger partial charge in [-0.3, -0.25) is 0 Å². The number of tetrazole rings is 1. The molecule has 0 fully saturated rings. The fourth-order valence-corrected chi connectivity index (χ4v) is 5.92. The van der Waals surface area contributed by atoms with Crippen LogP contribution < -0.4 is 4.74 Å². The molecule has 3 heterocycles. The Balaban J connectivity index is 1.58. The SMILES string of the molecule is COc1ccccc1-n1nnnc1Sc1ncnc2sc3c(c12)CC[C@H](C)C3. The molecule has 1 aliphatic carbocycles. The molecule has 1 atom stereocenters. The van der Waals surface area contributed by atoms with Crippen LogP contribution in [0.25, 0.3) is 15.9 Å². The molecule has 0 saturated carbocycles. The molecule has 5 rings (SSSR count). The molecule has 0 N–H and O–H groups in total. The van der Waals surface area contributed by atoms with Crippen LogP contribution >= 0.6 is 23.1 Å². The summed E-state index contributed by atoms with van der Waals surface area (Å²) in [5.41, 5.74) is 2.20. The molecule has 0 bridgehead atoms. The maximum absolute atomic E-state index is 5.47. The Labute approximate surface area is 170 Å². The van der Waals surface area contributed by atoms with Crippen molar-refractivity contribution in [3.8, 4) is 11.4 Å². The molecule has 0 spiro atoms. The highest BCUT2D eigenvalue weighted by molar-refractivity contribution is 7.99. The van der Waals surface area contributed by atoms with E-state index >= 15 is 0 Å². The van der Waals surface area contributed by atoms with E-state index in [1.54, 1.807) is 29.5 Å². The second kappa shape index (κ2) is 7.14. The highest BCUT2D eigenvalue weighted by Crippen LogP contribution is 2.42. The van der Waals surface area contributed by atoms with Gasteiger partial charge in [0, 0.05) is 10.3 Å². The molecular weight excluding hydrogens is 392 g/mol. The first-order chi connectivity index (χ1) is 13.7. The Morgan fingerprint density at radius 1 is 1.25 bits per heavy atom. The molecule has 1 aliphatic rings. The predicted octanol–water partition coefficient (Wildman–Crippen LogP) is 3.95. The van der Waals surface area contributed by atoms with E-state index in [1.807, 2.05) is 24.3 Å². The molecule has 0 aliphatic heterocycles. The topological polar surface area (TPSA) is 78.6 Å². The average molecular weight is 411 g/mol. The standard InChI is InChI=1S/C19H18N6OS2/c1-11-7-8-12-15(9-11)27-17-16(12)18(21-10-20-17)28-19-22-23-24-25(19)13-5-3-4-6-14(13)26-2/h3-6,10-11H,7-9H2,1-2H3/t11-/m0/s1. The first kappa shape index (κ1) is 17.6. The summed E-state index contributed by atoms with van der Waals surface area (Å²) in [5.74, 6) is 1.44. The maximum atomic E-state index is 5.47. The van der Waals surface area contributed by atoms with Gasteiger partial charge in [0.25, 0.3) is 0 Å². The molecule has 142 valence electrons. The lowest BCUT2D eigenvalue weighted by Gasteiger charge is -2.18. The lowest BCUT2D eigenvalue weighted by atomic mass is 9.89. The van der Waals surface area contributed by atoms with Crippen LogP contribution in [0.3, 0.4) is 0 Å². The minimum atomic E-state index is 0.647. The molecule has 1 aromatic carbocycles. The molecule has 3 aromatic heterocycles. The van der Waals surface area contributed by atoms with Gasteiger partial charge in [-0.15, -0.1) is 16.4 Å². The van der Waals surface area contributed by atoms with Gasteiger partial charge in [-0.25, -0.2) is 9.97 Å². The van der Waals surface area contributed by atoms with Gasteiger partial charge in [-0.1, -0.05) is 19.1 Å². The normalized spacial score (nSPS) is 16.3. The number of hydrogen-bond acceptors (Lipinski definition) is 8. The van der Waals surface area contributed by atoms with Gasteiger partial charge in [0.2, 0.25) is 5.16 Å². The van der Waals surface area contributed by atoms with Crippen LogP contribution in [0.15, 0.2) is 40.8 Å². The van der Waals surface area contributed by atoms with Crippen LogP contribution in [0, 0.1) is 5.92 Å². The predicted molar refractivity (Wildman–Crippen MR) is 108 cm³/mol. The minimum Gasteiger partial charge on any atom is -0.494 e. The quantitative estimate of drug-likeness (QED) is 0.471. The number of aryl methyl sites for hydroxylation is 1. The second-order valence-corrected chi connectivity index (χ2v) is 8.90. The zero-order valence-electron chi connectivity index (χ0n) is 15.5. The highest BCUT2D eigenvalue weighted by Gasteiger charge is 2.24. The number of ether oxygens (including phenoxy) is 1. The number of aromatic nitrogens is 6. The highest BCUT2D eigenvalue weighted by atomic mass is 32.2. The van der Waals surface area contributed by atoms with Crippen LogP contribution in [0.1, 0.15) is 23.8 Å². The van der Waals surface area contributed by atoms with E-state index in [2.05, 4.69) is 32.4 Å². The lowest BCUT2D eigenvalue weighted by Crippen LogP contribution is -2.08. The lowest BCUT2D eigenvalue weighted by molar-refractivity contribution is 0.410. The molecule has 0 unspecified atom stereocenters. The van der Waals surface area contributed by atoms with Crippen molar-refractivity contribution in [3.05, 3.63) is 41.0 Å². The van der Waals surface area contributed by atoms with Crippen molar-refractivity contribution in [2.45, 2.75) is 36.4 Å². The number of benzene rings is 1. The Morgan fingerprint density at radius 3 is 3.04 bits per heavy atom. The molecule has 0 radical (unpaired) electrons. The summed E-state index contributed by atoms with van der Waals surface area (Å²) in [5, 5.41) is 15.0. The van der Waals surface area contributed by atoms with Gasteiger partial charge in [0.1, 0.15) is 27.6 Å². The molecule has 9 heteroatoms. The van der Waals surface area contributed by atoms with Gasteiger partial charge in [-0.05, 0) is 65.1 Å². The number of para-hydroxylation sites is 2. The first-order valence-corrected chi connectivity index (χ1v) is 10.7. The van der Waals surface area contributed by atoms with E-state index in [-0.39, 0.29) is 0 Å². The summed E-state index contributed by atoms with van der Waals surface area (Å²) >= 11 is 3.26. The molecule has 0 amide bonds. The van der Waals surface area contributed by atoms with Crippen molar-refractivity contribution >= 4 is 33.3 Å². The van der Waals surface area contributed by atoms with E-state index in [0.29, 0.717) is 10.9 Å². The second-order valence-electron chi connectivity index (χ2n) is 6.86. The van der Waals surface area contributed by atoms with Crippen molar-refractivity contribution in [2.75, 3.05) is 7.11 Å². The van der Waals surface area contributed by atoms with Gasteiger partial charge < -0.3 is 4.74 Å². The fourth-order valence-electron chi connectivity index (χ4n) is 3.61. The van der Waals surface area contributed by atoms with Crippen molar-refractivity contribution in [3.63, 3.8) is 0 Å². The van der Waals surface area contributed by atoms with E-state index in [0.717, 1.165) is 39.7 Å². The van der Waals surface area contributed by atoms with Crippen molar-refractivity contribution in [2.24, 2.45) is 5.92 Å². The van der Waals surface area contributed by atoms with E-state index in [1.165, 1.54) is 28.6 Å². The van der Waals surface area contributed by atoms with Crippen molar-refractivity contribution < 1.29 is 4.74 Å². The molecule has 4 aromatic rings. The number of nitrogens with zero attached hydrogens (tertiary/aromatic N) is 6. The van der Waals surface area contributed by atoms with Gasteiger partial charge in [-0.2, -0.15) is 4.68 Å². The summed E-state index contributed by atoms with van der Waals surface area (Å²) in [6, 6.07) is 7.69. The van der Waals surface area contributed by atoms with E-state index < -0.39 is 0 Å². The number of rotatable bonds is 4. The third-order valence-corrected chi connectivity index (χ3v) is 7.10. The Bertz CT molecular complexity index is 1150. The fraction of sp³-hybridized carbons (Fsp3) is 0.316. The minimum absolute atomic E-state index is 0.647. The Kier molecular flexibility index (Phi) is 4.48. The molecular formula is C19H18N6OS2. The van der Waals surface area contributed by atoms with Crippen molar-refractivity contribution in [1.82, 2.24) is 30.2 Å². The summed E-state index contributed by atoms with van der Waals surface area (Å²) in [6.45, 7) is 2.32. The zero-order valence-corrected chi connectivity index (χ0v) is 17.1.